The number of hydrogen-bond acceptors (Lipinski definition) is 5. The molecule has 1 N–H and O–H groups in total. The maximum atomic E-state index is 12.2. The Kier molecular flexibility index (Phi) is 3.63. The fourth-order valence-electron chi connectivity index (χ4n) is 5.53. The second kappa shape index (κ2) is 5.07. The number of rotatable bonds is 4. The molecule has 5 heteroatoms. The molecule has 0 aromatic carbocycles. The van der Waals surface area contributed by atoms with Gasteiger partial charge in [-0.3, -0.25) is 0 Å². The Labute approximate surface area is 137 Å². The molecular formula is C18H26O5. The molecule has 5 nitrogen and oxygen atoms in total. The topological polar surface area (TPSA) is 72.8 Å². The van der Waals surface area contributed by atoms with Gasteiger partial charge in [-0.2, -0.15) is 0 Å². The summed E-state index contributed by atoms with van der Waals surface area (Å²) in [7, 11) is 0. The van der Waals surface area contributed by atoms with E-state index in [1.807, 2.05) is 0 Å². The lowest BCUT2D eigenvalue weighted by atomic mass is 9.43. The van der Waals surface area contributed by atoms with Gasteiger partial charge in [0.2, 0.25) is 0 Å². The fraction of sp³-hybridized carbons (Fsp3) is 0.778. The van der Waals surface area contributed by atoms with E-state index in [1.165, 1.54) is 6.92 Å². The average Bonchev–Trinajstić information content (AvgIpc) is 2.39. The van der Waals surface area contributed by atoms with E-state index in [4.69, 9.17) is 9.47 Å². The molecule has 23 heavy (non-hydrogen) atoms. The number of aliphatic hydroxyl groups is 1. The van der Waals surface area contributed by atoms with E-state index in [1.54, 1.807) is 0 Å². The molecule has 0 aliphatic heterocycles. The van der Waals surface area contributed by atoms with Crippen LogP contribution in [0.4, 0.5) is 0 Å². The Morgan fingerprint density at radius 3 is 2.57 bits per heavy atom. The standard InChI is InChI=1S/C18H26O5/c1-11(2)15(20)22-8-14(19)23-18-7-13-5-16(4,12(18)3)9-17(21,6-13)10-18/h12-13,21H,1,5-10H2,2-4H3. The molecule has 0 saturated heterocycles. The van der Waals surface area contributed by atoms with Crippen molar-refractivity contribution in [1.82, 2.24) is 0 Å². The van der Waals surface area contributed by atoms with Gasteiger partial charge in [-0.15, -0.1) is 0 Å². The molecule has 5 unspecified atom stereocenters. The predicted octanol–water partition coefficient (Wildman–Crippen LogP) is 2.37. The average molecular weight is 322 g/mol. The Morgan fingerprint density at radius 2 is 1.96 bits per heavy atom. The zero-order chi connectivity index (χ0) is 17.0. The summed E-state index contributed by atoms with van der Waals surface area (Å²) in [5.41, 5.74) is -1.10. The molecule has 0 spiro atoms. The van der Waals surface area contributed by atoms with Gasteiger partial charge >= 0.3 is 11.9 Å². The number of ether oxygens (including phenoxy) is 2. The Morgan fingerprint density at radius 1 is 1.26 bits per heavy atom. The zero-order valence-corrected chi connectivity index (χ0v) is 14.2. The second-order valence-electron chi connectivity index (χ2n) is 8.33. The van der Waals surface area contributed by atoms with Crippen LogP contribution in [0, 0.1) is 17.3 Å². The third kappa shape index (κ3) is 2.69. The van der Waals surface area contributed by atoms with E-state index in [0.717, 1.165) is 25.7 Å². The van der Waals surface area contributed by atoms with E-state index in [0.29, 0.717) is 12.3 Å². The first-order valence-electron chi connectivity index (χ1n) is 8.34. The molecule has 4 fully saturated rings. The van der Waals surface area contributed by atoms with Crippen molar-refractivity contribution in [3.05, 3.63) is 12.2 Å². The van der Waals surface area contributed by atoms with E-state index >= 15 is 0 Å². The minimum Gasteiger partial charge on any atom is -0.456 e. The first kappa shape index (κ1) is 16.5. The molecule has 4 aliphatic rings. The molecule has 0 amide bonds. The van der Waals surface area contributed by atoms with E-state index in [2.05, 4.69) is 20.4 Å². The van der Waals surface area contributed by atoms with Crippen molar-refractivity contribution < 1.29 is 24.2 Å². The largest absolute Gasteiger partial charge is 0.456 e. The quantitative estimate of drug-likeness (QED) is 0.635. The van der Waals surface area contributed by atoms with Crippen molar-refractivity contribution in [2.75, 3.05) is 6.61 Å². The lowest BCUT2D eigenvalue weighted by Crippen LogP contribution is -2.68. The highest BCUT2D eigenvalue weighted by atomic mass is 16.6. The minimum atomic E-state index is -0.725. The number of carbonyl (C=O) groups excluding carboxylic acids is 2. The first-order chi connectivity index (χ1) is 10.6. The molecule has 0 aromatic rings. The fourth-order valence-corrected chi connectivity index (χ4v) is 5.53. The summed E-state index contributed by atoms with van der Waals surface area (Å²) in [5.74, 6) is -0.547. The third-order valence-corrected chi connectivity index (χ3v) is 6.24. The predicted molar refractivity (Wildman–Crippen MR) is 83.4 cm³/mol. The van der Waals surface area contributed by atoms with Crippen molar-refractivity contribution >= 4 is 11.9 Å². The van der Waals surface area contributed by atoms with Crippen LogP contribution in [-0.4, -0.2) is 34.9 Å². The summed E-state index contributed by atoms with van der Waals surface area (Å²) in [5, 5.41) is 10.9. The first-order valence-corrected chi connectivity index (χ1v) is 8.34. The van der Waals surface area contributed by atoms with Crippen LogP contribution in [0.15, 0.2) is 12.2 Å². The highest BCUT2D eigenvalue weighted by Crippen LogP contribution is 2.66. The van der Waals surface area contributed by atoms with Gasteiger partial charge in [0, 0.05) is 17.9 Å². The van der Waals surface area contributed by atoms with Crippen LogP contribution >= 0.6 is 0 Å². The summed E-state index contributed by atoms with van der Waals surface area (Å²) < 4.78 is 10.7. The van der Waals surface area contributed by atoms with Gasteiger partial charge in [0.25, 0.3) is 0 Å². The maximum Gasteiger partial charge on any atom is 0.344 e. The summed E-state index contributed by atoms with van der Waals surface area (Å²) in [6, 6.07) is 0. The second-order valence-corrected chi connectivity index (χ2v) is 8.33. The minimum absolute atomic E-state index is 0.00281. The molecule has 4 rings (SSSR count). The zero-order valence-electron chi connectivity index (χ0n) is 14.2. The van der Waals surface area contributed by atoms with Gasteiger partial charge in [-0.1, -0.05) is 20.4 Å². The summed E-state index contributed by atoms with van der Waals surface area (Å²) in [6.07, 6.45) is 3.96. The Hall–Kier alpha value is -1.36. The van der Waals surface area contributed by atoms with Gasteiger partial charge in [0.05, 0.1) is 5.60 Å². The van der Waals surface area contributed by atoms with Gasteiger partial charge in [-0.25, -0.2) is 9.59 Å². The molecule has 4 bridgehead atoms. The van der Waals surface area contributed by atoms with E-state index in [9.17, 15) is 14.7 Å². The van der Waals surface area contributed by atoms with E-state index in [-0.39, 0.29) is 16.9 Å². The molecule has 4 saturated carbocycles. The van der Waals surface area contributed by atoms with Gasteiger partial charge in [0.15, 0.2) is 6.61 Å². The van der Waals surface area contributed by atoms with Crippen LogP contribution in [0.2, 0.25) is 0 Å². The van der Waals surface area contributed by atoms with Crippen molar-refractivity contribution in [2.45, 2.75) is 64.1 Å². The lowest BCUT2D eigenvalue weighted by Gasteiger charge is -2.66. The molecular weight excluding hydrogens is 296 g/mol. The van der Waals surface area contributed by atoms with Crippen molar-refractivity contribution in [3.8, 4) is 0 Å². The molecule has 0 radical (unpaired) electrons. The Bertz CT molecular complexity index is 570. The summed E-state index contributed by atoms with van der Waals surface area (Å²) in [6.45, 7) is 8.92. The van der Waals surface area contributed by atoms with E-state index < -0.39 is 29.7 Å². The molecule has 0 heterocycles. The highest BCUT2D eigenvalue weighted by molar-refractivity contribution is 5.88. The SMILES string of the molecule is C=C(C)C(=O)OCC(=O)OC12CC3CC(O)(CC(C)(C3)C1C)C2. The lowest BCUT2D eigenvalue weighted by molar-refractivity contribution is -0.267. The number of hydrogen-bond donors (Lipinski definition) is 1. The molecule has 128 valence electrons. The monoisotopic (exact) mass is 322 g/mol. The summed E-state index contributed by atoms with van der Waals surface area (Å²) in [4.78, 5) is 23.6. The molecule has 5 atom stereocenters. The molecule has 4 aliphatic carbocycles. The number of carbonyl (C=O) groups is 2. The Balaban J connectivity index is 1.72. The maximum absolute atomic E-state index is 12.2. The van der Waals surface area contributed by atoms with Crippen LogP contribution in [0.5, 0.6) is 0 Å². The van der Waals surface area contributed by atoms with Gasteiger partial charge in [0.1, 0.15) is 5.60 Å². The van der Waals surface area contributed by atoms with Crippen LogP contribution in [0.1, 0.15) is 52.9 Å². The van der Waals surface area contributed by atoms with Crippen LogP contribution in [0.25, 0.3) is 0 Å². The smallest absolute Gasteiger partial charge is 0.344 e. The highest BCUT2D eigenvalue weighted by Gasteiger charge is 2.67. The van der Waals surface area contributed by atoms with Crippen molar-refractivity contribution in [3.63, 3.8) is 0 Å². The number of esters is 2. The van der Waals surface area contributed by atoms with Gasteiger partial charge < -0.3 is 14.6 Å². The normalized spacial score (nSPS) is 44.0. The van der Waals surface area contributed by atoms with Crippen LogP contribution in [-0.2, 0) is 19.1 Å². The van der Waals surface area contributed by atoms with Gasteiger partial charge in [-0.05, 0) is 43.9 Å². The van der Waals surface area contributed by atoms with Crippen molar-refractivity contribution in [1.29, 1.82) is 0 Å². The molecule has 0 aromatic heterocycles. The third-order valence-electron chi connectivity index (χ3n) is 6.24. The van der Waals surface area contributed by atoms with Crippen LogP contribution in [0.3, 0.4) is 0 Å². The van der Waals surface area contributed by atoms with Crippen molar-refractivity contribution in [2.24, 2.45) is 17.3 Å². The van der Waals surface area contributed by atoms with Crippen LogP contribution < -0.4 is 0 Å². The summed E-state index contributed by atoms with van der Waals surface area (Å²) >= 11 is 0.